The molecular weight excluding hydrogens is 150 g/mol. The van der Waals surface area contributed by atoms with Crippen molar-refractivity contribution in [3.05, 3.63) is 11.8 Å². The summed E-state index contributed by atoms with van der Waals surface area (Å²) < 4.78 is 0. The maximum absolute atomic E-state index is 10.4. The van der Waals surface area contributed by atoms with Crippen LogP contribution in [-0.4, -0.2) is 26.1 Å². The molecule has 0 radical (unpaired) electrons. The van der Waals surface area contributed by atoms with Crippen LogP contribution in [0.3, 0.4) is 0 Å². The van der Waals surface area contributed by atoms with Crippen LogP contribution in [0.1, 0.15) is 10.5 Å². The summed E-state index contributed by atoms with van der Waals surface area (Å²) in [5.74, 6) is -1.33. The molecule has 0 aliphatic rings. The number of amides is 1. The minimum absolute atomic E-state index is 0.227. The maximum atomic E-state index is 10.4. The Morgan fingerprint density at radius 2 is 2.09 bits per heavy atom. The fourth-order valence-electron chi connectivity index (χ4n) is 0.548. The van der Waals surface area contributed by atoms with Gasteiger partial charge < -0.3 is 15.9 Å². The number of carbonyl (C=O) groups excluding carboxylic acids is 1. The maximum Gasteiger partial charge on any atom is 0.317 e. The molecule has 0 fully saturated rings. The van der Waals surface area contributed by atoms with Gasteiger partial charge in [0.15, 0.2) is 0 Å². The van der Waals surface area contributed by atoms with Gasteiger partial charge in [-0.05, 0) is 0 Å². The zero-order valence-corrected chi connectivity index (χ0v) is 5.35. The van der Waals surface area contributed by atoms with Crippen LogP contribution in [0.5, 0.6) is 11.9 Å². The van der Waals surface area contributed by atoms with Crippen molar-refractivity contribution in [2.45, 2.75) is 0 Å². The van der Waals surface area contributed by atoms with Crippen molar-refractivity contribution in [3.8, 4) is 11.9 Å². The number of primary amides is 1. The average Bonchev–Trinajstić information content (AvgIpc) is 1.85. The number of aromatic hydroxyl groups is 2. The molecule has 0 aliphatic heterocycles. The Labute approximate surface area is 61.3 Å². The second kappa shape index (κ2) is 2.41. The Kier molecular flexibility index (Phi) is 1.59. The summed E-state index contributed by atoms with van der Waals surface area (Å²) in [6, 6.07) is 0.279. The summed E-state index contributed by atoms with van der Waals surface area (Å²) in [6.07, 6.45) is 0. The zero-order valence-electron chi connectivity index (χ0n) is 5.35. The van der Waals surface area contributed by atoms with Gasteiger partial charge in [0.25, 0.3) is 5.91 Å². The van der Waals surface area contributed by atoms with Gasteiger partial charge in [0.05, 0.1) is 0 Å². The standard InChI is InChI=1S/C5H5N3O3/c6-4(10)2-1-3(9)8-5(11)7-2/h1H,(H2,6,10)(H2,7,8,9,11). The Morgan fingerprint density at radius 1 is 1.45 bits per heavy atom. The van der Waals surface area contributed by atoms with E-state index in [1.165, 1.54) is 0 Å². The minimum Gasteiger partial charge on any atom is -0.493 e. The molecule has 1 heterocycles. The predicted molar refractivity (Wildman–Crippen MR) is 33.9 cm³/mol. The molecule has 0 saturated heterocycles. The smallest absolute Gasteiger partial charge is 0.317 e. The lowest BCUT2D eigenvalue weighted by Gasteiger charge is -1.95. The van der Waals surface area contributed by atoms with E-state index in [-0.39, 0.29) is 5.69 Å². The van der Waals surface area contributed by atoms with Crippen molar-refractivity contribution in [3.63, 3.8) is 0 Å². The topological polar surface area (TPSA) is 109 Å². The van der Waals surface area contributed by atoms with E-state index >= 15 is 0 Å². The first-order chi connectivity index (χ1) is 5.09. The van der Waals surface area contributed by atoms with E-state index in [4.69, 9.17) is 15.9 Å². The molecule has 1 aromatic rings. The summed E-state index contributed by atoms with van der Waals surface area (Å²) in [6.45, 7) is 0. The van der Waals surface area contributed by atoms with E-state index in [0.29, 0.717) is 0 Å². The number of nitrogens with two attached hydrogens (primary N) is 1. The van der Waals surface area contributed by atoms with Gasteiger partial charge in [-0.2, -0.15) is 9.97 Å². The lowest BCUT2D eigenvalue weighted by Crippen LogP contribution is -2.12. The normalized spacial score (nSPS) is 9.45. The van der Waals surface area contributed by atoms with E-state index in [2.05, 4.69) is 9.97 Å². The molecule has 0 saturated carbocycles. The number of hydrogen-bond donors (Lipinski definition) is 3. The van der Waals surface area contributed by atoms with Crippen LogP contribution in [0.15, 0.2) is 6.07 Å². The van der Waals surface area contributed by atoms with E-state index < -0.39 is 17.8 Å². The van der Waals surface area contributed by atoms with Gasteiger partial charge in [0.2, 0.25) is 5.88 Å². The van der Waals surface area contributed by atoms with Crippen LogP contribution in [0.2, 0.25) is 0 Å². The van der Waals surface area contributed by atoms with Crippen LogP contribution >= 0.6 is 0 Å². The van der Waals surface area contributed by atoms with Gasteiger partial charge in [-0.25, -0.2) is 0 Å². The monoisotopic (exact) mass is 155 g/mol. The second-order valence-electron chi connectivity index (χ2n) is 1.78. The predicted octanol–water partition coefficient (Wildman–Crippen LogP) is -1.01. The molecule has 0 bridgehead atoms. The van der Waals surface area contributed by atoms with Gasteiger partial charge in [-0.1, -0.05) is 0 Å². The SMILES string of the molecule is NC(=O)c1cc(O)nc(O)n1. The van der Waals surface area contributed by atoms with Crippen LogP contribution in [-0.2, 0) is 0 Å². The van der Waals surface area contributed by atoms with Gasteiger partial charge in [0, 0.05) is 6.07 Å². The number of rotatable bonds is 1. The molecule has 4 N–H and O–H groups in total. The Morgan fingerprint density at radius 3 is 2.55 bits per heavy atom. The summed E-state index contributed by atoms with van der Waals surface area (Å²) in [5, 5.41) is 17.4. The molecule has 0 unspecified atom stereocenters. The average molecular weight is 155 g/mol. The highest BCUT2D eigenvalue weighted by Gasteiger charge is 2.06. The molecule has 1 aromatic heterocycles. The van der Waals surface area contributed by atoms with Crippen molar-refractivity contribution < 1.29 is 15.0 Å². The molecule has 0 atom stereocenters. The largest absolute Gasteiger partial charge is 0.493 e. The van der Waals surface area contributed by atoms with Crippen molar-refractivity contribution in [2.75, 3.05) is 0 Å². The molecule has 0 aromatic carbocycles. The van der Waals surface area contributed by atoms with Gasteiger partial charge in [-0.15, -0.1) is 0 Å². The molecule has 58 valence electrons. The molecule has 0 aliphatic carbocycles. The van der Waals surface area contributed by atoms with Crippen molar-refractivity contribution in [1.29, 1.82) is 0 Å². The Hall–Kier alpha value is -1.85. The summed E-state index contributed by atoms with van der Waals surface area (Å²) in [4.78, 5) is 16.8. The lowest BCUT2D eigenvalue weighted by atomic mass is 10.4. The molecule has 1 amide bonds. The Balaban J connectivity index is 3.19. The van der Waals surface area contributed by atoms with Crippen molar-refractivity contribution in [2.24, 2.45) is 5.73 Å². The van der Waals surface area contributed by atoms with Gasteiger partial charge in [-0.3, -0.25) is 4.79 Å². The molecule has 6 nitrogen and oxygen atoms in total. The first-order valence-electron chi connectivity index (χ1n) is 2.66. The summed E-state index contributed by atoms with van der Waals surface area (Å²) in [5.41, 5.74) is 4.57. The number of nitrogens with zero attached hydrogens (tertiary/aromatic N) is 2. The van der Waals surface area contributed by atoms with E-state index in [0.717, 1.165) is 6.07 Å². The van der Waals surface area contributed by atoms with Gasteiger partial charge in [0.1, 0.15) is 5.69 Å². The summed E-state index contributed by atoms with van der Waals surface area (Å²) in [7, 11) is 0. The number of carbonyl (C=O) groups is 1. The second-order valence-corrected chi connectivity index (χ2v) is 1.78. The molecule has 6 heteroatoms. The lowest BCUT2D eigenvalue weighted by molar-refractivity contribution is 0.0993. The number of aromatic nitrogens is 2. The fourth-order valence-corrected chi connectivity index (χ4v) is 0.548. The Bertz CT molecular complexity index is 279. The third-order valence-corrected chi connectivity index (χ3v) is 0.953. The number of hydrogen-bond acceptors (Lipinski definition) is 5. The minimum atomic E-state index is -0.835. The van der Waals surface area contributed by atoms with Crippen LogP contribution in [0.25, 0.3) is 0 Å². The van der Waals surface area contributed by atoms with Crippen LogP contribution in [0, 0.1) is 0 Å². The highest BCUT2D eigenvalue weighted by molar-refractivity contribution is 5.91. The zero-order chi connectivity index (χ0) is 8.43. The third kappa shape index (κ3) is 1.54. The highest BCUT2D eigenvalue weighted by Crippen LogP contribution is 2.09. The molecular formula is C5H5N3O3. The van der Waals surface area contributed by atoms with Crippen molar-refractivity contribution in [1.82, 2.24) is 9.97 Å². The molecule has 0 spiro atoms. The first-order valence-corrected chi connectivity index (χ1v) is 2.66. The molecule has 11 heavy (non-hydrogen) atoms. The van der Waals surface area contributed by atoms with Crippen LogP contribution < -0.4 is 5.73 Å². The third-order valence-electron chi connectivity index (χ3n) is 0.953. The van der Waals surface area contributed by atoms with Crippen molar-refractivity contribution >= 4 is 5.91 Å². The fraction of sp³-hybridized carbons (Fsp3) is 0. The summed E-state index contributed by atoms with van der Waals surface area (Å²) >= 11 is 0. The van der Waals surface area contributed by atoms with E-state index in [1.807, 2.05) is 0 Å². The first kappa shape index (κ1) is 7.26. The molecule has 1 rings (SSSR count). The van der Waals surface area contributed by atoms with E-state index in [9.17, 15) is 4.79 Å². The quantitative estimate of drug-likeness (QED) is 0.481. The highest BCUT2D eigenvalue weighted by atomic mass is 16.3. The van der Waals surface area contributed by atoms with Crippen LogP contribution in [0.4, 0.5) is 0 Å². The van der Waals surface area contributed by atoms with Gasteiger partial charge >= 0.3 is 6.01 Å². The van der Waals surface area contributed by atoms with E-state index in [1.54, 1.807) is 0 Å².